The van der Waals surface area contributed by atoms with Crippen LogP contribution < -0.4 is 12.5 Å². The minimum Gasteiger partial charge on any atom is -0.376 e. The van der Waals surface area contributed by atoms with Crippen molar-refractivity contribution in [1.82, 2.24) is 0 Å². The molecule has 0 amide bonds. The summed E-state index contributed by atoms with van der Waals surface area (Å²) in [6, 6.07) is 2.62. The average molecular weight is 626 g/mol. The molecule has 0 saturated heterocycles. The largest absolute Gasteiger partial charge is 0.534 e. The van der Waals surface area contributed by atoms with Crippen molar-refractivity contribution in [2.24, 2.45) is 0 Å². The first-order chi connectivity index (χ1) is 16.9. The predicted molar refractivity (Wildman–Crippen MR) is 103 cm³/mol. The first kappa shape index (κ1) is 31.0. The van der Waals surface area contributed by atoms with E-state index in [1.165, 1.54) is 0 Å². The molecule has 2 rings (SSSR count). The molecule has 0 heterocycles. The molecule has 0 atom stereocenters. The molecule has 0 radical (unpaired) electrons. The Balaban J connectivity index is 2.54. The number of hydrogen-bond donors (Lipinski definition) is 0. The maximum Gasteiger partial charge on any atom is 0.534 e. The second-order valence-corrected chi connectivity index (χ2v) is 11.1. The van der Waals surface area contributed by atoms with E-state index in [0.717, 1.165) is 0 Å². The minimum absolute atomic E-state index is 0.104. The van der Waals surface area contributed by atoms with Crippen LogP contribution in [0.15, 0.2) is 42.5 Å². The van der Waals surface area contributed by atoms with E-state index >= 15 is 0 Å². The van der Waals surface area contributed by atoms with E-state index in [1.54, 1.807) is 0 Å². The Morgan fingerprint density at radius 3 is 1.34 bits per heavy atom. The quantitative estimate of drug-likeness (QED) is 0.184. The molecule has 0 aliphatic heterocycles. The van der Waals surface area contributed by atoms with Gasteiger partial charge in [0.05, 0.1) is 5.56 Å². The third-order valence-corrected chi connectivity index (χ3v) is 6.70. The van der Waals surface area contributed by atoms with E-state index in [-0.39, 0.29) is 6.07 Å². The van der Waals surface area contributed by atoms with Crippen molar-refractivity contribution in [1.29, 1.82) is 0 Å². The molecule has 212 valence electrons. The standard InChI is InChI=1S/C16H7F9O10S3/c17-14(18,19)36(27,28)33-9-3-1-8(2-4-9)13(26)11-6-5-10(34-37(29,30)15(20,21)22)7-12(11)35-38(31,32)16(23,24)25/h1-7H. The number of ketones is 1. The predicted octanol–water partition coefficient (Wildman–Crippen LogP) is 3.60. The van der Waals surface area contributed by atoms with Gasteiger partial charge in [-0.1, -0.05) is 0 Å². The zero-order valence-electron chi connectivity index (χ0n) is 17.3. The molecule has 0 unspecified atom stereocenters. The van der Waals surface area contributed by atoms with Gasteiger partial charge in [-0.25, -0.2) is 0 Å². The highest BCUT2D eigenvalue weighted by Crippen LogP contribution is 2.35. The summed E-state index contributed by atoms with van der Waals surface area (Å²) in [5.41, 5.74) is -19.8. The van der Waals surface area contributed by atoms with Crippen molar-refractivity contribution in [2.75, 3.05) is 0 Å². The Bertz CT molecular complexity index is 1540. The Kier molecular flexibility index (Phi) is 7.98. The zero-order chi connectivity index (χ0) is 29.5. The smallest absolute Gasteiger partial charge is 0.376 e. The fourth-order valence-corrected chi connectivity index (χ4v) is 3.52. The van der Waals surface area contributed by atoms with E-state index in [9.17, 15) is 69.6 Å². The Labute approximate surface area is 205 Å². The van der Waals surface area contributed by atoms with Crippen molar-refractivity contribution < 1.29 is 82.1 Å². The Hall–Kier alpha value is -3.27. The molecule has 0 aliphatic carbocycles. The molecule has 38 heavy (non-hydrogen) atoms. The van der Waals surface area contributed by atoms with E-state index in [2.05, 4.69) is 12.5 Å². The number of carbonyl (C=O) groups is 1. The van der Waals surface area contributed by atoms with Crippen LogP contribution in [0.1, 0.15) is 15.9 Å². The molecule has 0 spiro atoms. The maximum absolute atomic E-state index is 12.7. The van der Waals surface area contributed by atoms with Crippen molar-refractivity contribution in [3.8, 4) is 17.2 Å². The lowest BCUT2D eigenvalue weighted by Gasteiger charge is -2.15. The number of carbonyl (C=O) groups excluding carboxylic acids is 1. The highest BCUT2D eigenvalue weighted by atomic mass is 32.2. The van der Waals surface area contributed by atoms with Crippen molar-refractivity contribution in [3.63, 3.8) is 0 Å². The second kappa shape index (κ2) is 9.80. The molecular formula is C16H7F9O10S3. The highest BCUT2D eigenvalue weighted by molar-refractivity contribution is 7.88. The fraction of sp³-hybridized carbons (Fsp3) is 0.188. The van der Waals surface area contributed by atoms with Gasteiger partial charge in [-0.3, -0.25) is 4.79 Å². The molecule has 0 aliphatic rings. The second-order valence-electron chi connectivity index (χ2n) is 6.46. The van der Waals surface area contributed by atoms with E-state index in [1.807, 2.05) is 0 Å². The lowest BCUT2D eigenvalue weighted by molar-refractivity contribution is -0.0505. The first-order valence-electron chi connectivity index (χ1n) is 8.69. The summed E-state index contributed by atoms with van der Waals surface area (Å²) < 4.78 is 191. The van der Waals surface area contributed by atoms with Crippen molar-refractivity contribution in [2.45, 2.75) is 16.5 Å². The molecule has 10 nitrogen and oxygen atoms in total. The van der Waals surface area contributed by atoms with Crippen LogP contribution >= 0.6 is 0 Å². The fourth-order valence-electron chi connectivity index (χ4n) is 2.14. The lowest BCUT2D eigenvalue weighted by atomic mass is 10.0. The molecule has 0 fully saturated rings. The third kappa shape index (κ3) is 6.78. The van der Waals surface area contributed by atoms with Crippen LogP contribution in [-0.4, -0.2) is 47.6 Å². The van der Waals surface area contributed by atoms with Gasteiger partial charge in [0.2, 0.25) is 0 Å². The van der Waals surface area contributed by atoms with Crippen LogP contribution in [0.25, 0.3) is 0 Å². The molecule has 0 bridgehead atoms. The molecule has 2 aromatic rings. The summed E-state index contributed by atoms with van der Waals surface area (Å²) in [5, 5.41) is 0. The van der Waals surface area contributed by atoms with Gasteiger partial charge in [-0.15, -0.1) is 0 Å². The monoisotopic (exact) mass is 626 g/mol. The van der Waals surface area contributed by atoms with Gasteiger partial charge >= 0.3 is 46.9 Å². The van der Waals surface area contributed by atoms with Crippen LogP contribution in [0.3, 0.4) is 0 Å². The van der Waals surface area contributed by atoms with Crippen molar-refractivity contribution >= 4 is 36.1 Å². The van der Waals surface area contributed by atoms with Crippen LogP contribution in [0, 0.1) is 0 Å². The van der Waals surface area contributed by atoms with Crippen LogP contribution in [0.2, 0.25) is 0 Å². The normalized spacial score (nSPS) is 13.6. The summed E-state index contributed by atoms with van der Waals surface area (Å²) in [6.45, 7) is 0. The van der Waals surface area contributed by atoms with Crippen LogP contribution in [0.5, 0.6) is 17.2 Å². The van der Waals surface area contributed by atoms with Gasteiger partial charge in [-0.2, -0.15) is 64.8 Å². The highest BCUT2D eigenvalue weighted by Gasteiger charge is 2.50. The molecule has 0 saturated carbocycles. The minimum atomic E-state index is -6.59. The van der Waals surface area contributed by atoms with Gasteiger partial charge in [0.15, 0.2) is 11.5 Å². The SMILES string of the molecule is O=C(c1ccc(OS(=O)(=O)C(F)(F)F)cc1)c1ccc(OS(=O)(=O)C(F)(F)F)cc1OS(=O)(=O)C(F)(F)F. The van der Waals surface area contributed by atoms with Gasteiger partial charge in [0.25, 0.3) is 0 Å². The van der Waals surface area contributed by atoms with Crippen LogP contribution in [-0.2, 0) is 30.4 Å². The summed E-state index contributed by atoms with van der Waals surface area (Å²) in [6.07, 6.45) is 0. The Morgan fingerprint density at radius 2 is 0.921 bits per heavy atom. The summed E-state index contributed by atoms with van der Waals surface area (Å²) >= 11 is 0. The summed E-state index contributed by atoms with van der Waals surface area (Å²) in [4.78, 5) is 12.7. The number of hydrogen-bond acceptors (Lipinski definition) is 10. The van der Waals surface area contributed by atoms with Gasteiger partial charge in [0.1, 0.15) is 11.5 Å². The number of benzene rings is 2. The third-order valence-electron chi connectivity index (χ3n) is 3.78. The van der Waals surface area contributed by atoms with Crippen molar-refractivity contribution in [3.05, 3.63) is 53.6 Å². The molecular weight excluding hydrogens is 619 g/mol. The molecule has 22 heteroatoms. The molecule has 0 N–H and O–H groups in total. The van der Waals surface area contributed by atoms with E-state index in [0.29, 0.717) is 36.4 Å². The summed E-state index contributed by atoms with van der Waals surface area (Å²) in [7, 11) is -19.1. The van der Waals surface area contributed by atoms with E-state index in [4.69, 9.17) is 0 Å². The first-order valence-corrected chi connectivity index (χ1v) is 12.9. The summed E-state index contributed by atoms with van der Waals surface area (Å²) in [5.74, 6) is -5.57. The molecule has 0 aromatic heterocycles. The van der Waals surface area contributed by atoms with Gasteiger partial charge in [-0.05, 0) is 36.4 Å². The molecule has 2 aromatic carbocycles. The van der Waals surface area contributed by atoms with E-state index < -0.39 is 81.0 Å². The van der Waals surface area contributed by atoms with Crippen LogP contribution in [0.4, 0.5) is 39.5 Å². The average Bonchev–Trinajstić information content (AvgIpc) is 2.71. The van der Waals surface area contributed by atoms with Gasteiger partial charge < -0.3 is 12.5 Å². The zero-order valence-corrected chi connectivity index (χ0v) is 19.7. The number of rotatable bonds is 8. The number of alkyl halides is 9. The Morgan fingerprint density at radius 1 is 0.553 bits per heavy atom. The van der Waals surface area contributed by atoms with Gasteiger partial charge in [0, 0.05) is 11.6 Å². The lowest BCUT2D eigenvalue weighted by Crippen LogP contribution is -2.29. The number of halogens is 9. The maximum atomic E-state index is 12.7. The topological polar surface area (TPSA) is 147 Å².